The van der Waals surface area contributed by atoms with Crippen molar-refractivity contribution in [2.24, 2.45) is 0 Å². The van der Waals surface area contributed by atoms with Crippen molar-refractivity contribution in [2.75, 3.05) is 0 Å². The zero-order valence-corrected chi connectivity index (χ0v) is 17.8. The third kappa shape index (κ3) is 4.37. The van der Waals surface area contributed by atoms with E-state index in [1.54, 1.807) is 12.1 Å². The van der Waals surface area contributed by atoms with E-state index in [1.165, 1.54) is 0 Å². The molecule has 2 aromatic rings. The maximum absolute atomic E-state index is 10.8. The van der Waals surface area contributed by atoms with Crippen LogP contribution in [0.4, 0.5) is 0 Å². The van der Waals surface area contributed by atoms with Crippen LogP contribution < -0.4 is 4.74 Å². The number of hydrogen-bond donors (Lipinski definition) is 2. The number of aryl methyl sites for hydroxylation is 1. The molecule has 0 bridgehead atoms. The molecule has 116 valence electrons. The highest BCUT2D eigenvalue weighted by atomic mass is 127. The molecule has 0 atom stereocenters. The topological polar surface area (TPSA) is 66.8 Å². The minimum Gasteiger partial charge on any atom is -0.506 e. The van der Waals surface area contributed by atoms with Crippen LogP contribution in [-0.2, 0) is 11.2 Å². The van der Waals surface area contributed by atoms with E-state index < -0.39 is 5.97 Å². The Kier molecular flexibility index (Phi) is 6.16. The van der Waals surface area contributed by atoms with Crippen molar-refractivity contribution in [3.63, 3.8) is 0 Å². The van der Waals surface area contributed by atoms with Gasteiger partial charge < -0.3 is 14.9 Å². The number of phenolic OH excluding ortho intramolecular Hbond substituents is 1. The molecule has 0 aromatic heterocycles. The van der Waals surface area contributed by atoms with Gasteiger partial charge in [-0.25, -0.2) is 0 Å². The highest BCUT2D eigenvalue weighted by Gasteiger charge is 2.13. The molecule has 0 unspecified atom stereocenters. The van der Waals surface area contributed by atoms with Gasteiger partial charge >= 0.3 is 5.97 Å². The maximum Gasteiger partial charge on any atom is 0.307 e. The summed E-state index contributed by atoms with van der Waals surface area (Å²) in [4.78, 5) is 10.8. The zero-order chi connectivity index (χ0) is 16.4. The summed E-state index contributed by atoms with van der Waals surface area (Å²) in [6, 6.07) is 7.16. The van der Waals surface area contributed by atoms with Crippen LogP contribution in [0.3, 0.4) is 0 Å². The standard InChI is InChI=1S/C15H11I3O4/c1-7-2-8(4-13(19)20)3-12(18)15(7)22-9-5-10(16)14(21)11(17)6-9/h2-3,5-6,21H,4H2,1H3,(H,19,20). The lowest BCUT2D eigenvalue weighted by atomic mass is 10.1. The molecule has 0 aliphatic rings. The van der Waals surface area contributed by atoms with Crippen LogP contribution in [0.5, 0.6) is 17.2 Å². The van der Waals surface area contributed by atoms with Crippen LogP contribution in [0.25, 0.3) is 0 Å². The van der Waals surface area contributed by atoms with E-state index in [1.807, 2.05) is 19.1 Å². The number of aromatic hydroxyl groups is 1. The molecule has 0 aliphatic heterocycles. The monoisotopic (exact) mass is 636 g/mol. The van der Waals surface area contributed by atoms with Gasteiger partial charge in [0.05, 0.1) is 17.1 Å². The van der Waals surface area contributed by atoms with Crippen molar-refractivity contribution in [3.8, 4) is 17.2 Å². The fourth-order valence-electron chi connectivity index (χ4n) is 1.93. The van der Waals surface area contributed by atoms with E-state index in [2.05, 4.69) is 67.8 Å². The zero-order valence-electron chi connectivity index (χ0n) is 11.4. The van der Waals surface area contributed by atoms with Gasteiger partial charge in [-0.3, -0.25) is 4.79 Å². The molecule has 0 heterocycles. The quantitative estimate of drug-likeness (QED) is 0.468. The van der Waals surface area contributed by atoms with E-state index in [0.717, 1.165) is 21.8 Å². The largest absolute Gasteiger partial charge is 0.506 e. The van der Waals surface area contributed by atoms with E-state index in [-0.39, 0.29) is 12.2 Å². The number of hydrogen-bond acceptors (Lipinski definition) is 3. The van der Waals surface area contributed by atoms with Crippen molar-refractivity contribution >= 4 is 73.7 Å². The van der Waals surface area contributed by atoms with Gasteiger partial charge in [0, 0.05) is 0 Å². The summed E-state index contributed by atoms with van der Waals surface area (Å²) in [6.45, 7) is 1.89. The highest BCUT2D eigenvalue weighted by Crippen LogP contribution is 2.36. The average molecular weight is 636 g/mol. The van der Waals surface area contributed by atoms with Gasteiger partial charge in [-0.1, -0.05) is 6.07 Å². The van der Waals surface area contributed by atoms with E-state index in [4.69, 9.17) is 9.84 Å². The summed E-state index contributed by atoms with van der Waals surface area (Å²) in [6.07, 6.45) is -0.00781. The molecule has 0 amide bonds. The van der Waals surface area contributed by atoms with Gasteiger partial charge in [0.2, 0.25) is 0 Å². The van der Waals surface area contributed by atoms with Crippen LogP contribution in [-0.4, -0.2) is 16.2 Å². The van der Waals surface area contributed by atoms with Gasteiger partial charge in [0.25, 0.3) is 0 Å². The Labute approximate surface area is 168 Å². The summed E-state index contributed by atoms with van der Waals surface area (Å²) in [5.41, 5.74) is 1.62. The van der Waals surface area contributed by atoms with Crippen LogP contribution in [0.2, 0.25) is 0 Å². The van der Waals surface area contributed by atoms with Gasteiger partial charge in [-0.2, -0.15) is 0 Å². The summed E-state index contributed by atoms with van der Waals surface area (Å²) < 4.78 is 8.23. The molecule has 2 aromatic carbocycles. The number of halogens is 3. The Morgan fingerprint density at radius 3 is 2.18 bits per heavy atom. The Bertz CT molecular complexity index is 698. The lowest BCUT2D eigenvalue weighted by Gasteiger charge is -2.13. The third-order valence-electron chi connectivity index (χ3n) is 2.85. The lowest BCUT2D eigenvalue weighted by molar-refractivity contribution is -0.136. The number of phenols is 1. The molecular weight excluding hydrogens is 625 g/mol. The van der Waals surface area contributed by atoms with Gasteiger partial charge in [0.15, 0.2) is 0 Å². The summed E-state index contributed by atoms with van der Waals surface area (Å²) >= 11 is 6.24. The second-order valence-electron chi connectivity index (χ2n) is 4.63. The van der Waals surface area contributed by atoms with Crippen molar-refractivity contribution < 1.29 is 19.7 Å². The number of carboxylic acid groups (broad SMARTS) is 1. The van der Waals surface area contributed by atoms with Crippen LogP contribution in [0.1, 0.15) is 11.1 Å². The minimum absolute atomic E-state index is 0.00781. The van der Waals surface area contributed by atoms with Crippen LogP contribution >= 0.6 is 67.8 Å². The number of aliphatic carboxylic acids is 1. The van der Waals surface area contributed by atoms with E-state index in [9.17, 15) is 9.90 Å². The second-order valence-corrected chi connectivity index (χ2v) is 8.12. The van der Waals surface area contributed by atoms with Gasteiger partial charge in [-0.15, -0.1) is 0 Å². The first-order valence-corrected chi connectivity index (χ1v) is 9.38. The summed E-state index contributed by atoms with van der Waals surface area (Å²) in [7, 11) is 0. The predicted molar refractivity (Wildman–Crippen MR) is 109 cm³/mol. The first kappa shape index (κ1) is 18.0. The first-order valence-electron chi connectivity index (χ1n) is 6.14. The molecule has 0 fully saturated rings. The van der Waals surface area contributed by atoms with Crippen LogP contribution in [0, 0.1) is 17.6 Å². The molecule has 0 saturated carbocycles. The Hall–Kier alpha value is -0.300. The number of carboxylic acids is 1. The molecule has 2 N–H and O–H groups in total. The summed E-state index contributed by atoms with van der Waals surface area (Å²) in [5, 5.41) is 18.7. The first-order chi connectivity index (χ1) is 10.3. The van der Waals surface area contributed by atoms with Crippen molar-refractivity contribution in [1.29, 1.82) is 0 Å². The molecule has 0 saturated heterocycles. The number of rotatable bonds is 4. The molecular formula is C15H11I3O4. The smallest absolute Gasteiger partial charge is 0.307 e. The molecule has 4 nitrogen and oxygen atoms in total. The Morgan fingerprint density at radius 2 is 1.68 bits per heavy atom. The minimum atomic E-state index is -0.855. The van der Waals surface area contributed by atoms with Gasteiger partial charge in [0.1, 0.15) is 17.2 Å². The summed E-state index contributed by atoms with van der Waals surface area (Å²) in [5.74, 6) is 0.730. The van der Waals surface area contributed by atoms with Crippen molar-refractivity contribution in [1.82, 2.24) is 0 Å². The Morgan fingerprint density at radius 1 is 1.09 bits per heavy atom. The average Bonchev–Trinajstić information content (AvgIpc) is 2.39. The van der Waals surface area contributed by atoms with Crippen molar-refractivity contribution in [2.45, 2.75) is 13.3 Å². The van der Waals surface area contributed by atoms with Gasteiger partial charge in [-0.05, 0) is 104 Å². The molecule has 0 aliphatic carbocycles. The maximum atomic E-state index is 10.8. The van der Waals surface area contributed by atoms with E-state index >= 15 is 0 Å². The third-order valence-corrected chi connectivity index (χ3v) is 5.30. The molecule has 7 heteroatoms. The number of carbonyl (C=O) groups is 1. The highest BCUT2D eigenvalue weighted by molar-refractivity contribution is 14.1. The fraction of sp³-hybridized carbons (Fsp3) is 0.133. The lowest BCUT2D eigenvalue weighted by Crippen LogP contribution is -2.02. The van der Waals surface area contributed by atoms with Crippen molar-refractivity contribution in [3.05, 3.63) is 46.1 Å². The predicted octanol–water partition coefficient (Wildman–Crippen LogP) is 4.93. The second kappa shape index (κ2) is 7.51. The molecule has 0 radical (unpaired) electrons. The number of benzene rings is 2. The molecule has 2 rings (SSSR count). The van der Waals surface area contributed by atoms with Crippen LogP contribution in [0.15, 0.2) is 24.3 Å². The fourth-order valence-corrected chi connectivity index (χ4v) is 4.57. The van der Waals surface area contributed by atoms with E-state index in [0.29, 0.717) is 11.5 Å². The Balaban J connectivity index is 2.36. The molecule has 22 heavy (non-hydrogen) atoms. The SMILES string of the molecule is Cc1cc(CC(=O)O)cc(I)c1Oc1cc(I)c(O)c(I)c1. The molecule has 0 spiro atoms. The normalized spacial score (nSPS) is 10.5. The number of ether oxygens (including phenoxy) is 1.